The molecule has 0 aliphatic carbocycles. The molecule has 0 aromatic carbocycles. The lowest BCUT2D eigenvalue weighted by Gasteiger charge is -1.95. The number of rotatable bonds is 0. The summed E-state index contributed by atoms with van der Waals surface area (Å²) in [7, 11) is 2.58. The summed E-state index contributed by atoms with van der Waals surface area (Å²) in [5.74, 6) is 0. The SMILES string of the molecule is C[Si-]([Si])Cl. The van der Waals surface area contributed by atoms with E-state index in [0.29, 0.717) is 0 Å². The minimum atomic E-state index is -0.602. The van der Waals surface area contributed by atoms with E-state index >= 15 is 0 Å². The van der Waals surface area contributed by atoms with Gasteiger partial charge in [-0.2, -0.15) is 14.2 Å². The zero-order valence-corrected chi connectivity index (χ0v) is 5.13. The summed E-state index contributed by atoms with van der Waals surface area (Å²) in [6.07, 6.45) is 0. The van der Waals surface area contributed by atoms with Crippen molar-refractivity contribution >= 4 is 28.5 Å². The molecule has 4 heavy (non-hydrogen) atoms. The van der Waals surface area contributed by atoms with Gasteiger partial charge in [-0.3, -0.25) is 0 Å². The Hall–Kier alpha value is 0.724. The molecule has 3 radical (unpaired) electrons. The van der Waals surface area contributed by atoms with Gasteiger partial charge in [0.2, 0.25) is 0 Å². The van der Waals surface area contributed by atoms with Crippen LogP contribution in [0.2, 0.25) is 6.55 Å². The van der Waals surface area contributed by atoms with E-state index in [1.807, 2.05) is 6.55 Å². The molecule has 0 N–H and O–H groups in total. The van der Waals surface area contributed by atoms with E-state index in [4.69, 9.17) is 11.1 Å². The van der Waals surface area contributed by atoms with Gasteiger partial charge in [0.25, 0.3) is 0 Å². The Kier molecular flexibility index (Phi) is 2.35. The molecule has 3 heteroatoms. The second-order valence-electron chi connectivity index (χ2n) is 0.533. The van der Waals surface area contributed by atoms with Gasteiger partial charge in [-0.15, -0.1) is 0 Å². The van der Waals surface area contributed by atoms with Crippen LogP contribution in [0, 0.1) is 0 Å². The summed E-state index contributed by atoms with van der Waals surface area (Å²) < 4.78 is 0. The third-order valence-electron chi connectivity index (χ3n) is 0. The van der Waals surface area contributed by atoms with E-state index in [2.05, 4.69) is 9.76 Å². The van der Waals surface area contributed by atoms with Crippen LogP contribution in [0.5, 0.6) is 0 Å². The first kappa shape index (κ1) is 4.72. The van der Waals surface area contributed by atoms with Gasteiger partial charge < -0.3 is 11.1 Å². The maximum absolute atomic E-state index is 5.29. The van der Waals surface area contributed by atoms with E-state index in [0.717, 1.165) is 0 Å². The van der Waals surface area contributed by atoms with Gasteiger partial charge in [-0.1, -0.05) is 0 Å². The molecule has 0 aromatic heterocycles. The Labute approximate surface area is 35.7 Å². The lowest BCUT2D eigenvalue weighted by atomic mass is 11.9. The molecule has 0 saturated carbocycles. The van der Waals surface area contributed by atoms with Crippen molar-refractivity contribution in [1.82, 2.24) is 0 Å². The van der Waals surface area contributed by atoms with Crippen molar-refractivity contribution in [3.8, 4) is 0 Å². The molecule has 0 aromatic rings. The molecule has 23 valence electrons. The summed E-state index contributed by atoms with van der Waals surface area (Å²) in [6, 6.07) is 0. The molecular weight excluding hydrogens is 104 g/mol. The average Bonchev–Trinajstić information content (AvgIpc) is 0.811. The Bertz CT molecular complexity index is 10.8. The average molecular weight is 107 g/mol. The van der Waals surface area contributed by atoms with Crippen LogP contribution in [0.25, 0.3) is 0 Å². The fraction of sp³-hybridized carbons (Fsp3) is 1.00. The van der Waals surface area contributed by atoms with Gasteiger partial charge in [-0.05, 0) is 0 Å². The van der Waals surface area contributed by atoms with Crippen molar-refractivity contribution in [2.75, 3.05) is 0 Å². The highest BCUT2D eigenvalue weighted by molar-refractivity contribution is 7.31. The van der Waals surface area contributed by atoms with Crippen molar-refractivity contribution in [1.29, 1.82) is 0 Å². The molecule has 0 bridgehead atoms. The molecule has 0 aliphatic heterocycles. The summed E-state index contributed by atoms with van der Waals surface area (Å²) >= 11 is 5.29. The molecule has 0 rings (SSSR count). The van der Waals surface area contributed by atoms with E-state index in [1.54, 1.807) is 0 Å². The van der Waals surface area contributed by atoms with E-state index in [9.17, 15) is 0 Å². The minimum absolute atomic E-state index is 0.602. The molecule has 0 unspecified atom stereocenters. The second kappa shape index (κ2) is 1.99. The molecule has 0 heterocycles. The van der Waals surface area contributed by atoms with Crippen LogP contribution < -0.4 is 0 Å². The summed E-state index contributed by atoms with van der Waals surface area (Å²) in [5.41, 5.74) is 0. The van der Waals surface area contributed by atoms with E-state index < -0.39 is 7.62 Å². The topological polar surface area (TPSA) is 0 Å². The maximum Gasteiger partial charge on any atom is -0.175 e. The smallest absolute Gasteiger partial charge is 0.175 e. The van der Waals surface area contributed by atoms with Gasteiger partial charge in [0.05, 0.1) is 0 Å². The van der Waals surface area contributed by atoms with Gasteiger partial charge in [0.1, 0.15) is 0 Å². The fourth-order valence-electron chi connectivity index (χ4n) is 0. The largest absolute Gasteiger partial charge is 0.394 e. The highest BCUT2D eigenvalue weighted by atomic mass is 35.6. The number of hydrogen-bond donors (Lipinski definition) is 0. The lowest BCUT2D eigenvalue weighted by molar-refractivity contribution is 2.34. The molecule has 0 amide bonds. The first-order chi connectivity index (χ1) is 1.73. The van der Waals surface area contributed by atoms with Gasteiger partial charge >= 0.3 is 0 Å². The maximum atomic E-state index is 5.29. The Morgan fingerprint density at radius 3 is 2.00 bits per heavy atom. The van der Waals surface area contributed by atoms with Crippen molar-refractivity contribution in [3.63, 3.8) is 0 Å². The molecule has 0 saturated heterocycles. The lowest BCUT2D eigenvalue weighted by Crippen LogP contribution is -1.90. The molecule has 0 atom stereocenters. The molecule has 0 spiro atoms. The monoisotopic (exact) mass is 106 g/mol. The molecule has 0 fully saturated rings. The molecule has 0 nitrogen and oxygen atoms in total. The summed E-state index contributed by atoms with van der Waals surface area (Å²) in [6.45, 7) is 1.95. The van der Waals surface area contributed by atoms with Gasteiger partial charge in [-0.25, -0.2) is 9.76 Å². The summed E-state index contributed by atoms with van der Waals surface area (Å²) in [4.78, 5) is 0. The van der Waals surface area contributed by atoms with Crippen LogP contribution in [-0.2, 0) is 0 Å². The molecular formula is CH3ClSi2-. The second-order valence-corrected chi connectivity index (χ2v) is 6.50. The van der Waals surface area contributed by atoms with E-state index in [1.165, 1.54) is 0 Å². The van der Waals surface area contributed by atoms with Crippen molar-refractivity contribution < 1.29 is 0 Å². The first-order valence-corrected chi connectivity index (χ1v) is 5.45. The van der Waals surface area contributed by atoms with Crippen LogP contribution in [-0.4, -0.2) is 17.4 Å². The van der Waals surface area contributed by atoms with Crippen molar-refractivity contribution in [2.24, 2.45) is 0 Å². The normalized spacial score (nSPS) is 9.00. The predicted molar refractivity (Wildman–Crippen MR) is 23.2 cm³/mol. The van der Waals surface area contributed by atoms with Crippen LogP contribution in [0.3, 0.4) is 0 Å². The minimum Gasteiger partial charge on any atom is -0.394 e. The van der Waals surface area contributed by atoms with Crippen molar-refractivity contribution in [3.05, 3.63) is 0 Å². The standard InChI is InChI=1S/CH3ClSi2/c1-4(2)3/h1H3/q-1. The zero-order chi connectivity index (χ0) is 3.58. The van der Waals surface area contributed by atoms with Crippen LogP contribution >= 0.6 is 11.1 Å². The highest BCUT2D eigenvalue weighted by Gasteiger charge is 1.52. The van der Waals surface area contributed by atoms with Crippen LogP contribution in [0.4, 0.5) is 0 Å². The zero-order valence-electron chi connectivity index (χ0n) is 2.38. The third-order valence-corrected chi connectivity index (χ3v) is 0. The summed E-state index contributed by atoms with van der Waals surface area (Å²) in [5, 5.41) is 0. The van der Waals surface area contributed by atoms with E-state index in [-0.39, 0.29) is 0 Å². The van der Waals surface area contributed by atoms with Gasteiger partial charge in [0.15, 0.2) is 0 Å². The highest BCUT2D eigenvalue weighted by Crippen LogP contribution is 1.72. The Balaban J connectivity index is 2.32. The van der Waals surface area contributed by atoms with Crippen LogP contribution in [0.15, 0.2) is 0 Å². The Morgan fingerprint density at radius 2 is 2.00 bits per heavy atom. The fourth-order valence-corrected chi connectivity index (χ4v) is 0. The quantitative estimate of drug-likeness (QED) is 0.312. The molecule has 0 aliphatic rings. The van der Waals surface area contributed by atoms with Gasteiger partial charge in [0, 0.05) is 0 Å². The van der Waals surface area contributed by atoms with Crippen LogP contribution in [0.1, 0.15) is 0 Å². The predicted octanol–water partition coefficient (Wildman–Crippen LogP) is 0.512. The first-order valence-electron chi connectivity index (χ1n) is 0.939. The Morgan fingerprint density at radius 1 is 2.00 bits per heavy atom. The number of halogens is 1. The third kappa shape index (κ3) is 15.5. The van der Waals surface area contributed by atoms with Crippen molar-refractivity contribution in [2.45, 2.75) is 6.55 Å². The number of hydrogen-bond acceptors (Lipinski definition) is 0.